The molecule has 1 aliphatic carbocycles. The number of hydrogen-bond acceptors (Lipinski definition) is 0. The number of benzene rings is 1. The Morgan fingerprint density at radius 2 is 2.09 bits per heavy atom. The Morgan fingerprint density at radius 3 is 3.09 bits per heavy atom. The summed E-state index contributed by atoms with van der Waals surface area (Å²) in [7, 11) is 0. The summed E-state index contributed by atoms with van der Waals surface area (Å²) in [4.78, 5) is 0. The molecular formula is C11H9. The molecule has 53 valence electrons. The highest BCUT2D eigenvalue weighted by Gasteiger charge is 1.95. The summed E-state index contributed by atoms with van der Waals surface area (Å²) >= 11 is 0. The van der Waals surface area contributed by atoms with Gasteiger partial charge in [-0.05, 0) is 23.6 Å². The fourth-order valence-electron chi connectivity index (χ4n) is 1.21. The van der Waals surface area contributed by atoms with Gasteiger partial charge in [0.1, 0.15) is 0 Å². The summed E-state index contributed by atoms with van der Waals surface area (Å²) in [6.45, 7) is 0. The Bertz CT molecular complexity index is 275. The Kier molecular flexibility index (Phi) is 1.60. The maximum absolute atomic E-state index is 3.19. The molecule has 1 aromatic carbocycles. The average molecular weight is 141 g/mol. The lowest BCUT2D eigenvalue weighted by atomic mass is 10.1. The summed E-state index contributed by atoms with van der Waals surface area (Å²) in [5.74, 6) is 0. The normalized spacial score (nSPS) is 14.2. The summed E-state index contributed by atoms with van der Waals surface area (Å²) in [6, 6.07) is 9.26. The third-order valence-electron chi connectivity index (χ3n) is 1.78. The van der Waals surface area contributed by atoms with Crippen LogP contribution in [0.2, 0.25) is 0 Å². The van der Waals surface area contributed by atoms with Crippen molar-refractivity contribution in [2.45, 2.75) is 6.42 Å². The first-order valence-electron chi connectivity index (χ1n) is 3.80. The second-order valence-electron chi connectivity index (χ2n) is 2.58. The molecule has 0 aliphatic heterocycles. The Morgan fingerprint density at radius 1 is 1.18 bits per heavy atom. The predicted octanol–water partition coefficient (Wildman–Crippen LogP) is 2.92. The maximum atomic E-state index is 3.19. The summed E-state index contributed by atoms with van der Waals surface area (Å²) in [5, 5.41) is 0. The zero-order chi connectivity index (χ0) is 7.52. The molecule has 0 bridgehead atoms. The van der Waals surface area contributed by atoms with Crippen molar-refractivity contribution in [3.63, 3.8) is 0 Å². The van der Waals surface area contributed by atoms with Crippen LogP contribution in [0.1, 0.15) is 17.5 Å². The summed E-state index contributed by atoms with van der Waals surface area (Å²) in [5.41, 5.74) is 2.46. The maximum Gasteiger partial charge on any atom is -0.00993 e. The van der Waals surface area contributed by atoms with Gasteiger partial charge in [-0.1, -0.05) is 42.5 Å². The van der Waals surface area contributed by atoms with Crippen molar-refractivity contribution in [2.75, 3.05) is 0 Å². The van der Waals surface area contributed by atoms with Crippen LogP contribution in [-0.2, 0) is 0 Å². The number of fused-ring (bicyclic) bond motifs is 1. The molecule has 0 heterocycles. The molecule has 0 unspecified atom stereocenters. The molecule has 0 spiro atoms. The minimum atomic E-state index is 1.03. The summed E-state index contributed by atoms with van der Waals surface area (Å²) < 4.78 is 0. The van der Waals surface area contributed by atoms with E-state index >= 15 is 0 Å². The Balaban J connectivity index is 2.58. The van der Waals surface area contributed by atoms with Gasteiger partial charge in [0.15, 0.2) is 0 Å². The average Bonchev–Trinajstić information content (AvgIpc) is 2.28. The van der Waals surface area contributed by atoms with Gasteiger partial charge in [-0.15, -0.1) is 0 Å². The molecule has 0 amide bonds. The van der Waals surface area contributed by atoms with Crippen LogP contribution in [0.15, 0.2) is 30.4 Å². The van der Waals surface area contributed by atoms with Crippen LogP contribution in [0.3, 0.4) is 0 Å². The predicted molar refractivity (Wildman–Crippen MR) is 48.0 cm³/mol. The fourth-order valence-corrected chi connectivity index (χ4v) is 1.21. The van der Waals surface area contributed by atoms with Crippen LogP contribution in [0, 0.1) is 6.07 Å². The minimum absolute atomic E-state index is 1.03. The third-order valence-corrected chi connectivity index (χ3v) is 1.78. The number of rotatable bonds is 0. The van der Waals surface area contributed by atoms with Crippen LogP contribution in [-0.4, -0.2) is 0 Å². The zero-order valence-electron chi connectivity index (χ0n) is 6.25. The Labute approximate surface area is 66.9 Å². The first-order chi connectivity index (χ1) is 5.47. The standard InChI is InChI=1S/C11H9/c1-2-6-10-8-4-5-9-11(10)7-3-1/h2-8H,1H2. The molecule has 2 rings (SSSR count). The number of allylic oxidation sites excluding steroid dienone is 2. The van der Waals surface area contributed by atoms with E-state index in [1.165, 1.54) is 11.1 Å². The molecule has 0 atom stereocenters. The highest BCUT2D eigenvalue weighted by molar-refractivity contribution is 5.66. The molecule has 0 nitrogen and oxygen atoms in total. The molecular weight excluding hydrogens is 132 g/mol. The molecule has 1 aromatic rings. The van der Waals surface area contributed by atoms with E-state index in [1.807, 2.05) is 12.1 Å². The largest absolute Gasteiger partial charge is 0.0801 e. The van der Waals surface area contributed by atoms with Gasteiger partial charge in [-0.25, -0.2) is 0 Å². The lowest BCUT2D eigenvalue weighted by Crippen LogP contribution is -1.76. The van der Waals surface area contributed by atoms with Gasteiger partial charge in [0.2, 0.25) is 0 Å². The van der Waals surface area contributed by atoms with E-state index in [2.05, 4.69) is 36.4 Å². The van der Waals surface area contributed by atoms with Crippen LogP contribution in [0.5, 0.6) is 0 Å². The zero-order valence-corrected chi connectivity index (χ0v) is 6.25. The van der Waals surface area contributed by atoms with Crippen LogP contribution in [0.25, 0.3) is 12.2 Å². The van der Waals surface area contributed by atoms with Gasteiger partial charge < -0.3 is 0 Å². The molecule has 0 fully saturated rings. The van der Waals surface area contributed by atoms with Crippen molar-refractivity contribution in [1.82, 2.24) is 0 Å². The van der Waals surface area contributed by atoms with Gasteiger partial charge in [0.05, 0.1) is 0 Å². The first kappa shape index (κ1) is 6.41. The molecule has 0 saturated carbocycles. The molecule has 0 saturated heterocycles. The van der Waals surface area contributed by atoms with Crippen molar-refractivity contribution >= 4 is 12.2 Å². The van der Waals surface area contributed by atoms with Crippen molar-refractivity contribution in [2.24, 2.45) is 0 Å². The second-order valence-corrected chi connectivity index (χ2v) is 2.58. The van der Waals surface area contributed by atoms with Crippen molar-refractivity contribution in [1.29, 1.82) is 0 Å². The van der Waals surface area contributed by atoms with E-state index in [-0.39, 0.29) is 0 Å². The quantitative estimate of drug-likeness (QED) is 0.521. The second kappa shape index (κ2) is 2.75. The SMILES string of the molecule is [c]1cccc2c1C=CCC=C2. The summed E-state index contributed by atoms with van der Waals surface area (Å²) in [6.07, 6.45) is 9.61. The van der Waals surface area contributed by atoms with Crippen molar-refractivity contribution < 1.29 is 0 Å². The van der Waals surface area contributed by atoms with Gasteiger partial charge in [-0.2, -0.15) is 0 Å². The highest BCUT2D eigenvalue weighted by Crippen LogP contribution is 2.15. The van der Waals surface area contributed by atoms with Crippen molar-refractivity contribution in [3.8, 4) is 0 Å². The van der Waals surface area contributed by atoms with E-state index < -0.39 is 0 Å². The van der Waals surface area contributed by atoms with Crippen molar-refractivity contribution in [3.05, 3.63) is 47.5 Å². The minimum Gasteiger partial charge on any atom is -0.0801 e. The first-order valence-corrected chi connectivity index (χ1v) is 3.80. The molecule has 0 N–H and O–H groups in total. The topological polar surface area (TPSA) is 0 Å². The van der Waals surface area contributed by atoms with Crippen LogP contribution >= 0.6 is 0 Å². The van der Waals surface area contributed by atoms with Crippen LogP contribution < -0.4 is 0 Å². The lowest BCUT2D eigenvalue weighted by Gasteiger charge is -1.95. The monoisotopic (exact) mass is 141 g/mol. The van der Waals surface area contributed by atoms with E-state index in [0.717, 1.165) is 6.42 Å². The molecule has 0 aromatic heterocycles. The number of hydrogen-bond donors (Lipinski definition) is 0. The Hall–Kier alpha value is -1.30. The lowest BCUT2D eigenvalue weighted by molar-refractivity contribution is 1.44. The smallest absolute Gasteiger partial charge is 0.00993 e. The molecule has 11 heavy (non-hydrogen) atoms. The molecule has 1 radical (unpaired) electrons. The van der Waals surface area contributed by atoms with E-state index in [4.69, 9.17) is 0 Å². The van der Waals surface area contributed by atoms with E-state index in [0.29, 0.717) is 0 Å². The van der Waals surface area contributed by atoms with Gasteiger partial charge in [0.25, 0.3) is 0 Å². The molecule has 0 heteroatoms. The van der Waals surface area contributed by atoms with Crippen LogP contribution in [0.4, 0.5) is 0 Å². The van der Waals surface area contributed by atoms with Gasteiger partial charge in [0, 0.05) is 0 Å². The third kappa shape index (κ3) is 1.25. The van der Waals surface area contributed by atoms with Gasteiger partial charge in [-0.3, -0.25) is 0 Å². The van der Waals surface area contributed by atoms with E-state index in [1.54, 1.807) is 0 Å². The fraction of sp³-hybridized carbons (Fsp3) is 0.0909. The highest BCUT2D eigenvalue weighted by atomic mass is 14.0. The van der Waals surface area contributed by atoms with Gasteiger partial charge >= 0.3 is 0 Å². The van der Waals surface area contributed by atoms with E-state index in [9.17, 15) is 0 Å². The molecule has 1 aliphatic rings.